The van der Waals surface area contributed by atoms with Crippen LogP contribution in [0.15, 0.2) is 30.3 Å². The molecule has 4 rings (SSSR count). The monoisotopic (exact) mass is 343 g/mol. The summed E-state index contributed by atoms with van der Waals surface area (Å²) in [6.07, 6.45) is 3.68. The third-order valence-electron chi connectivity index (χ3n) is 5.65. The highest BCUT2D eigenvalue weighted by atomic mass is 32.1. The molecule has 3 atom stereocenters. The smallest absolute Gasteiger partial charge is 0.268 e. The lowest BCUT2D eigenvalue weighted by Gasteiger charge is -2.36. The number of carbonyl (C=O) groups excluding carboxylic acids is 1. The van der Waals surface area contributed by atoms with Gasteiger partial charge in [0.2, 0.25) is 0 Å². The molecule has 6 heteroatoms. The molecule has 2 aromatic rings. The van der Waals surface area contributed by atoms with E-state index in [0.717, 1.165) is 25.7 Å². The molecule has 5 nitrogen and oxygen atoms in total. The van der Waals surface area contributed by atoms with Crippen molar-refractivity contribution in [2.24, 2.45) is 5.41 Å². The van der Waals surface area contributed by atoms with Crippen molar-refractivity contribution in [3.63, 3.8) is 0 Å². The van der Waals surface area contributed by atoms with Crippen molar-refractivity contribution in [3.8, 4) is 0 Å². The number of rotatable bonds is 4. The lowest BCUT2D eigenvalue weighted by molar-refractivity contribution is 0.0574. The molecule has 0 saturated carbocycles. The lowest BCUT2D eigenvalue weighted by Crippen LogP contribution is -2.43. The van der Waals surface area contributed by atoms with Gasteiger partial charge in [0.05, 0.1) is 12.3 Å². The number of aryl methyl sites for hydroxylation is 1. The van der Waals surface area contributed by atoms with Gasteiger partial charge in [-0.25, -0.2) is 0 Å². The molecule has 1 amide bonds. The van der Waals surface area contributed by atoms with E-state index in [2.05, 4.69) is 21.7 Å². The third kappa shape index (κ3) is 2.36. The summed E-state index contributed by atoms with van der Waals surface area (Å²) in [6.45, 7) is 1.95. The standard InChI is InChI=1S/C18H21N3O2S/c1-12-16(24-20-19-12)17(23)21-14-7-8-15(21)18(10-14,11-22)9-13-5-3-2-4-6-13/h2-6,14-15,22H,7-11H2,1H3/t14-,15+,18-/m1/s1. The van der Waals surface area contributed by atoms with Crippen molar-refractivity contribution in [2.45, 2.75) is 44.7 Å². The Labute approximate surface area is 145 Å². The number of amides is 1. The second-order valence-corrected chi connectivity index (χ2v) is 7.79. The van der Waals surface area contributed by atoms with Crippen LogP contribution in [0.3, 0.4) is 0 Å². The van der Waals surface area contributed by atoms with Crippen molar-refractivity contribution in [2.75, 3.05) is 6.61 Å². The van der Waals surface area contributed by atoms with Gasteiger partial charge in [-0.3, -0.25) is 4.79 Å². The predicted octanol–water partition coefficient (Wildman–Crippen LogP) is 2.44. The van der Waals surface area contributed by atoms with Crippen LogP contribution < -0.4 is 0 Å². The summed E-state index contributed by atoms with van der Waals surface area (Å²) < 4.78 is 3.90. The van der Waals surface area contributed by atoms with Gasteiger partial charge in [-0.1, -0.05) is 34.8 Å². The second-order valence-electron chi connectivity index (χ2n) is 7.03. The summed E-state index contributed by atoms with van der Waals surface area (Å²) >= 11 is 1.17. The highest BCUT2D eigenvalue weighted by molar-refractivity contribution is 7.07. The van der Waals surface area contributed by atoms with E-state index in [4.69, 9.17) is 0 Å². The molecular weight excluding hydrogens is 322 g/mol. The molecule has 2 bridgehead atoms. The van der Waals surface area contributed by atoms with Crippen molar-refractivity contribution in [1.82, 2.24) is 14.5 Å². The maximum atomic E-state index is 13.0. The van der Waals surface area contributed by atoms with Gasteiger partial charge in [0.15, 0.2) is 0 Å². The fraction of sp³-hybridized carbons (Fsp3) is 0.500. The number of carbonyl (C=O) groups is 1. The number of hydrogen-bond donors (Lipinski definition) is 1. The van der Waals surface area contributed by atoms with Gasteiger partial charge < -0.3 is 10.0 Å². The molecule has 0 radical (unpaired) electrons. The van der Waals surface area contributed by atoms with E-state index in [0.29, 0.717) is 10.6 Å². The number of hydrogen-bond acceptors (Lipinski definition) is 5. The number of fused-ring (bicyclic) bond motifs is 2. The second kappa shape index (κ2) is 5.93. The first kappa shape index (κ1) is 15.7. The van der Waals surface area contributed by atoms with E-state index < -0.39 is 0 Å². The Kier molecular flexibility index (Phi) is 3.89. The predicted molar refractivity (Wildman–Crippen MR) is 91.9 cm³/mol. The van der Waals surface area contributed by atoms with Crippen LogP contribution >= 0.6 is 11.5 Å². The lowest BCUT2D eigenvalue weighted by atomic mass is 9.70. The maximum absolute atomic E-state index is 13.0. The molecule has 2 aliphatic heterocycles. The van der Waals surface area contributed by atoms with Gasteiger partial charge in [-0.05, 0) is 49.7 Å². The maximum Gasteiger partial charge on any atom is 0.268 e. The van der Waals surface area contributed by atoms with E-state index in [1.54, 1.807) is 0 Å². The summed E-state index contributed by atoms with van der Waals surface area (Å²) in [5.74, 6) is 0.0402. The normalized spacial score (nSPS) is 28.5. The van der Waals surface area contributed by atoms with Gasteiger partial charge in [0, 0.05) is 17.5 Å². The first-order valence-electron chi connectivity index (χ1n) is 8.41. The average Bonchev–Trinajstić information content (AvgIpc) is 3.28. The van der Waals surface area contributed by atoms with Gasteiger partial charge in [-0.15, -0.1) is 5.10 Å². The number of aliphatic hydroxyl groups excluding tert-OH is 1. The molecular formula is C18H21N3O2S. The van der Waals surface area contributed by atoms with Crippen molar-refractivity contribution < 1.29 is 9.90 Å². The minimum Gasteiger partial charge on any atom is -0.396 e. The Morgan fingerprint density at radius 2 is 2.17 bits per heavy atom. The van der Waals surface area contributed by atoms with Gasteiger partial charge in [0.25, 0.3) is 5.91 Å². The van der Waals surface area contributed by atoms with Gasteiger partial charge >= 0.3 is 0 Å². The molecule has 1 N–H and O–H groups in total. The zero-order valence-electron chi connectivity index (χ0n) is 13.7. The fourth-order valence-corrected chi connectivity index (χ4v) is 5.16. The molecule has 2 fully saturated rings. The fourth-order valence-electron chi connectivity index (χ4n) is 4.56. The summed E-state index contributed by atoms with van der Waals surface area (Å²) in [6, 6.07) is 10.6. The molecule has 0 aliphatic carbocycles. The first-order chi connectivity index (χ1) is 11.6. The molecule has 24 heavy (non-hydrogen) atoms. The molecule has 2 saturated heterocycles. The van der Waals surface area contributed by atoms with Crippen LogP contribution in [-0.2, 0) is 6.42 Å². The Morgan fingerprint density at radius 3 is 2.83 bits per heavy atom. The van der Waals surface area contributed by atoms with Crippen molar-refractivity contribution in [1.29, 1.82) is 0 Å². The molecule has 1 aromatic carbocycles. The Balaban J connectivity index is 1.63. The van der Waals surface area contributed by atoms with Crippen LogP contribution in [0.25, 0.3) is 0 Å². The van der Waals surface area contributed by atoms with Crippen LogP contribution in [0.1, 0.15) is 40.2 Å². The average molecular weight is 343 g/mol. The van der Waals surface area contributed by atoms with Crippen molar-refractivity contribution in [3.05, 3.63) is 46.5 Å². The van der Waals surface area contributed by atoms with Crippen LogP contribution in [0.2, 0.25) is 0 Å². The first-order valence-corrected chi connectivity index (χ1v) is 9.18. The van der Waals surface area contributed by atoms with Crippen LogP contribution in [0.5, 0.6) is 0 Å². The summed E-state index contributed by atoms with van der Waals surface area (Å²) in [4.78, 5) is 15.7. The van der Waals surface area contributed by atoms with Crippen LogP contribution in [-0.4, -0.2) is 44.2 Å². The summed E-state index contributed by atoms with van der Waals surface area (Å²) in [7, 11) is 0. The highest BCUT2D eigenvalue weighted by Gasteiger charge is 2.57. The van der Waals surface area contributed by atoms with E-state index in [1.165, 1.54) is 17.1 Å². The van der Waals surface area contributed by atoms with Crippen LogP contribution in [0, 0.1) is 12.3 Å². The Morgan fingerprint density at radius 1 is 1.38 bits per heavy atom. The number of benzene rings is 1. The number of aliphatic hydroxyl groups is 1. The Bertz CT molecular complexity index is 748. The van der Waals surface area contributed by atoms with E-state index in [-0.39, 0.29) is 30.0 Å². The molecule has 2 aliphatic rings. The van der Waals surface area contributed by atoms with Gasteiger partial charge in [0.1, 0.15) is 4.88 Å². The topological polar surface area (TPSA) is 66.3 Å². The largest absolute Gasteiger partial charge is 0.396 e. The number of aromatic nitrogens is 2. The zero-order valence-corrected chi connectivity index (χ0v) is 14.5. The van der Waals surface area contributed by atoms with E-state index >= 15 is 0 Å². The molecule has 3 heterocycles. The van der Waals surface area contributed by atoms with Crippen LogP contribution in [0.4, 0.5) is 0 Å². The molecule has 0 spiro atoms. The van der Waals surface area contributed by atoms with Gasteiger partial charge in [-0.2, -0.15) is 0 Å². The quantitative estimate of drug-likeness (QED) is 0.926. The zero-order chi connectivity index (χ0) is 16.7. The Hall–Kier alpha value is -1.79. The van der Waals surface area contributed by atoms with E-state index in [1.807, 2.05) is 30.0 Å². The highest BCUT2D eigenvalue weighted by Crippen LogP contribution is 2.51. The third-order valence-corrected chi connectivity index (χ3v) is 6.46. The summed E-state index contributed by atoms with van der Waals surface area (Å²) in [5, 5.41) is 14.2. The van der Waals surface area contributed by atoms with Crippen molar-refractivity contribution >= 4 is 17.4 Å². The van der Waals surface area contributed by atoms with E-state index in [9.17, 15) is 9.90 Å². The molecule has 0 unspecified atom stereocenters. The minimum absolute atomic E-state index is 0.0402. The summed E-state index contributed by atoms with van der Waals surface area (Å²) in [5.41, 5.74) is 1.70. The minimum atomic E-state index is -0.230. The molecule has 1 aromatic heterocycles. The number of nitrogens with zero attached hydrogens (tertiary/aromatic N) is 3. The molecule has 126 valence electrons. The SMILES string of the molecule is Cc1nnsc1C(=O)N1[C@@H]2CC[C@H]1[C@](CO)(Cc1ccccc1)C2.